The first-order valence-corrected chi connectivity index (χ1v) is 9.85. The van der Waals surface area contributed by atoms with Crippen molar-refractivity contribution < 1.29 is 13.2 Å². The van der Waals surface area contributed by atoms with E-state index in [0.29, 0.717) is 12.2 Å². The Morgan fingerprint density at radius 1 is 1.28 bits per heavy atom. The van der Waals surface area contributed by atoms with Gasteiger partial charge in [0.1, 0.15) is 10.6 Å². The molecule has 1 saturated heterocycles. The summed E-state index contributed by atoms with van der Waals surface area (Å²) in [7, 11) is -0.501. The predicted molar refractivity (Wildman–Crippen MR) is 95.9 cm³/mol. The molecule has 1 amide bonds. The van der Waals surface area contributed by atoms with Gasteiger partial charge in [-0.05, 0) is 37.9 Å². The van der Waals surface area contributed by atoms with E-state index in [1.165, 1.54) is 24.9 Å². The van der Waals surface area contributed by atoms with Crippen molar-refractivity contribution in [2.45, 2.75) is 30.2 Å². The minimum absolute atomic E-state index is 0.111. The van der Waals surface area contributed by atoms with Crippen molar-refractivity contribution in [3.63, 3.8) is 0 Å². The van der Waals surface area contributed by atoms with Crippen molar-refractivity contribution >= 4 is 15.9 Å². The lowest BCUT2D eigenvalue weighted by Gasteiger charge is -2.25. The van der Waals surface area contributed by atoms with Crippen LogP contribution in [0.3, 0.4) is 0 Å². The predicted octanol–water partition coefficient (Wildman–Crippen LogP) is 1.78. The number of carbonyl (C=O) groups is 1. The minimum atomic E-state index is -3.56. The molecule has 1 aliphatic heterocycles. The lowest BCUT2D eigenvalue weighted by Crippen LogP contribution is -2.37. The Bertz CT molecular complexity index is 859. The highest BCUT2D eigenvalue weighted by atomic mass is 32.2. The third-order valence-corrected chi connectivity index (χ3v) is 6.11. The summed E-state index contributed by atoms with van der Waals surface area (Å²) in [5.41, 5.74) is 1.60. The van der Waals surface area contributed by atoms with Gasteiger partial charge in [-0.15, -0.1) is 0 Å². The molecule has 25 heavy (non-hydrogen) atoms. The van der Waals surface area contributed by atoms with Crippen LogP contribution >= 0.6 is 0 Å². The molecule has 1 fully saturated rings. The molecule has 0 bridgehead atoms. The van der Waals surface area contributed by atoms with E-state index in [1.54, 1.807) is 11.6 Å². The molecule has 0 saturated carbocycles. The Morgan fingerprint density at radius 2 is 2.00 bits per heavy atom. The second-order valence-corrected chi connectivity index (χ2v) is 8.25. The number of hydrogen-bond donors (Lipinski definition) is 1. The molecule has 2 heterocycles. The van der Waals surface area contributed by atoms with Crippen molar-refractivity contribution in [2.24, 2.45) is 7.05 Å². The van der Waals surface area contributed by atoms with Crippen LogP contribution in [0.1, 0.15) is 28.9 Å². The van der Waals surface area contributed by atoms with E-state index < -0.39 is 10.0 Å². The molecule has 1 N–H and O–H groups in total. The van der Waals surface area contributed by atoms with E-state index in [9.17, 15) is 13.2 Å². The van der Waals surface area contributed by atoms with Crippen LogP contribution in [0.15, 0.2) is 47.5 Å². The molecule has 6 nitrogen and oxygen atoms in total. The minimum Gasteiger partial charge on any atom is -0.345 e. The zero-order valence-corrected chi connectivity index (χ0v) is 15.3. The largest absolute Gasteiger partial charge is 0.345 e. The van der Waals surface area contributed by atoms with Crippen LogP contribution in [0, 0.1) is 0 Å². The number of amides is 1. The Morgan fingerprint density at radius 3 is 2.68 bits per heavy atom. The lowest BCUT2D eigenvalue weighted by atomic mass is 10.0. The monoisotopic (exact) mass is 361 g/mol. The number of aryl methyl sites for hydroxylation is 1. The lowest BCUT2D eigenvalue weighted by molar-refractivity contribution is 0.0727. The second kappa shape index (κ2) is 7.01. The third-order valence-electron chi connectivity index (χ3n) is 4.73. The molecule has 3 rings (SSSR count). The van der Waals surface area contributed by atoms with Gasteiger partial charge in [0.25, 0.3) is 5.91 Å². The van der Waals surface area contributed by atoms with E-state index in [2.05, 4.69) is 16.9 Å². The number of carbonyl (C=O) groups excluding carboxylic acids is 1. The highest BCUT2D eigenvalue weighted by Crippen LogP contribution is 2.24. The van der Waals surface area contributed by atoms with Gasteiger partial charge in [0.15, 0.2) is 0 Å². The van der Waals surface area contributed by atoms with Gasteiger partial charge in [-0.3, -0.25) is 4.79 Å². The number of benzene rings is 1. The van der Waals surface area contributed by atoms with Gasteiger partial charge in [-0.1, -0.05) is 30.3 Å². The van der Waals surface area contributed by atoms with E-state index in [0.717, 1.165) is 19.3 Å². The first kappa shape index (κ1) is 17.7. The van der Waals surface area contributed by atoms with Crippen LogP contribution in [0.4, 0.5) is 0 Å². The third kappa shape index (κ3) is 3.62. The average molecular weight is 361 g/mol. The van der Waals surface area contributed by atoms with Gasteiger partial charge < -0.3 is 9.47 Å². The molecule has 1 aromatic heterocycles. The van der Waals surface area contributed by atoms with E-state index in [1.807, 2.05) is 23.1 Å². The molecule has 1 aliphatic rings. The number of hydrogen-bond acceptors (Lipinski definition) is 3. The molecule has 2 aromatic rings. The first-order chi connectivity index (χ1) is 11.9. The summed E-state index contributed by atoms with van der Waals surface area (Å²) in [5.74, 6) is -0.113. The van der Waals surface area contributed by atoms with E-state index in [4.69, 9.17) is 0 Å². The van der Waals surface area contributed by atoms with E-state index >= 15 is 0 Å². The summed E-state index contributed by atoms with van der Waals surface area (Å²) < 4.78 is 27.8. The molecular formula is C18H23N3O3S. The molecule has 1 unspecified atom stereocenters. The Balaban J connectivity index is 1.82. The molecule has 1 aromatic carbocycles. The van der Waals surface area contributed by atoms with Crippen LogP contribution in [0.2, 0.25) is 0 Å². The van der Waals surface area contributed by atoms with Crippen molar-refractivity contribution in [1.29, 1.82) is 0 Å². The normalized spacial score (nSPS) is 17.8. The fourth-order valence-electron chi connectivity index (χ4n) is 3.36. The fourth-order valence-corrected chi connectivity index (χ4v) is 4.16. The first-order valence-electron chi connectivity index (χ1n) is 8.37. The van der Waals surface area contributed by atoms with Gasteiger partial charge in [0.2, 0.25) is 10.0 Å². The van der Waals surface area contributed by atoms with Gasteiger partial charge in [0.05, 0.1) is 0 Å². The van der Waals surface area contributed by atoms with Crippen LogP contribution in [-0.4, -0.2) is 43.4 Å². The molecule has 0 aliphatic carbocycles. The molecular weight excluding hydrogens is 338 g/mol. The second-order valence-electron chi connectivity index (χ2n) is 6.36. The summed E-state index contributed by atoms with van der Waals surface area (Å²) >= 11 is 0. The zero-order valence-electron chi connectivity index (χ0n) is 14.5. The van der Waals surface area contributed by atoms with Crippen LogP contribution in [-0.2, 0) is 23.5 Å². The van der Waals surface area contributed by atoms with E-state index in [-0.39, 0.29) is 16.8 Å². The molecule has 0 spiro atoms. The number of nitrogens with zero attached hydrogens (tertiary/aromatic N) is 2. The summed E-state index contributed by atoms with van der Waals surface area (Å²) in [6, 6.07) is 11.7. The number of sulfonamides is 1. The Kier molecular flexibility index (Phi) is 4.96. The quantitative estimate of drug-likeness (QED) is 0.882. The fraction of sp³-hybridized carbons (Fsp3) is 0.389. The number of likely N-dealkylation sites (tertiary alicyclic amines) is 1. The van der Waals surface area contributed by atoms with Crippen LogP contribution in [0.25, 0.3) is 0 Å². The topological polar surface area (TPSA) is 71.4 Å². The van der Waals surface area contributed by atoms with Crippen molar-refractivity contribution in [1.82, 2.24) is 14.2 Å². The summed E-state index contributed by atoms with van der Waals surface area (Å²) in [4.78, 5) is 15.0. The smallest absolute Gasteiger partial charge is 0.270 e. The summed E-state index contributed by atoms with van der Waals surface area (Å²) in [6.45, 7) is 0.704. The molecule has 134 valence electrons. The number of nitrogens with one attached hydrogen (secondary N) is 1. The highest BCUT2D eigenvalue weighted by Gasteiger charge is 2.31. The number of aromatic nitrogens is 1. The average Bonchev–Trinajstić information content (AvgIpc) is 3.22. The number of rotatable bonds is 5. The highest BCUT2D eigenvalue weighted by molar-refractivity contribution is 7.89. The maximum Gasteiger partial charge on any atom is 0.270 e. The Labute approximate surface area is 148 Å². The molecule has 1 atom stereocenters. The summed E-state index contributed by atoms with van der Waals surface area (Å²) in [6.07, 6.45) is 4.22. The van der Waals surface area contributed by atoms with Crippen molar-refractivity contribution in [3.8, 4) is 0 Å². The van der Waals surface area contributed by atoms with Crippen LogP contribution < -0.4 is 4.72 Å². The summed E-state index contributed by atoms with van der Waals surface area (Å²) in [5, 5.41) is 0. The van der Waals surface area contributed by atoms with Crippen molar-refractivity contribution in [2.75, 3.05) is 13.6 Å². The van der Waals surface area contributed by atoms with Gasteiger partial charge in [0, 0.05) is 25.8 Å². The Hall–Kier alpha value is -2.12. The zero-order chi connectivity index (χ0) is 18.0. The van der Waals surface area contributed by atoms with Gasteiger partial charge in [-0.2, -0.15) is 0 Å². The molecule has 0 radical (unpaired) electrons. The van der Waals surface area contributed by atoms with Gasteiger partial charge >= 0.3 is 0 Å². The van der Waals surface area contributed by atoms with Crippen LogP contribution in [0.5, 0.6) is 0 Å². The SMILES string of the molecule is CNS(=O)(=O)c1cc(C(=O)N2CCCC2Cc2ccccc2)n(C)c1. The standard InChI is InChI=1S/C18H23N3O3S/c1-19-25(23,24)16-12-17(20(2)13-16)18(22)21-10-6-9-15(21)11-14-7-4-3-5-8-14/h3-5,7-8,12-13,15,19H,6,9-11H2,1-2H3. The maximum atomic E-state index is 13.0. The maximum absolute atomic E-state index is 13.0. The molecule has 7 heteroatoms. The van der Waals surface area contributed by atoms with Crippen molar-refractivity contribution in [3.05, 3.63) is 53.9 Å². The van der Waals surface area contributed by atoms with Gasteiger partial charge in [-0.25, -0.2) is 13.1 Å².